The van der Waals surface area contributed by atoms with E-state index in [1.807, 2.05) is 36.4 Å². The molecule has 0 radical (unpaired) electrons. The van der Waals surface area contributed by atoms with E-state index in [9.17, 15) is 4.79 Å². The highest BCUT2D eigenvalue weighted by molar-refractivity contribution is 5.86. The zero-order chi connectivity index (χ0) is 18.5. The van der Waals surface area contributed by atoms with Gasteiger partial charge >= 0.3 is 0 Å². The van der Waals surface area contributed by atoms with Gasteiger partial charge < -0.3 is 9.84 Å². The minimum absolute atomic E-state index is 0.0592. The van der Waals surface area contributed by atoms with E-state index in [0.29, 0.717) is 23.9 Å². The summed E-state index contributed by atoms with van der Waals surface area (Å²) in [4.78, 5) is 14.6. The normalized spacial score (nSPS) is 11.4. The van der Waals surface area contributed by atoms with Gasteiger partial charge in [-0.15, -0.1) is 0 Å². The van der Waals surface area contributed by atoms with Crippen molar-refractivity contribution in [1.29, 1.82) is 0 Å². The Bertz CT molecular complexity index is 886. The van der Waals surface area contributed by atoms with E-state index in [-0.39, 0.29) is 12.3 Å². The number of para-hydroxylation sites is 1. The third-order valence-electron chi connectivity index (χ3n) is 4.68. The van der Waals surface area contributed by atoms with Gasteiger partial charge in [-0.1, -0.05) is 41.6 Å². The topological polar surface area (TPSA) is 58.4 Å². The second-order valence-electron chi connectivity index (χ2n) is 6.86. The van der Waals surface area contributed by atoms with Crippen LogP contribution >= 0.6 is 0 Å². The van der Waals surface area contributed by atoms with Crippen LogP contribution in [0.15, 0.2) is 53.1 Å². The number of carbonyl (C=O) groups is 1. The van der Waals surface area contributed by atoms with E-state index in [0.717, 1.165) is 17.5 Å². The molecule has 0 saturated carbocycles. The minimum atomic E-state index is -0.0592. The van der Waals surface area contributed by atoms with Crippen molar-refractivity contribution in [2.45, 2.75) is 39.4 Å². The molecule has 0 saturated heterocycles. The van der Waals surface area contributed by atoms with E-state index >= 15 is 0 Å². The third-order valence-corrected chi connectivity index (χ3v) is 4.68. The number of fused-ring (bicyclic) bond motifs is 1. The Morgan fingerprint density at radius 1 is 1.12 bits per heavy atom. The first-order chi connectivity index (χ1) is 12.5. The molecule has 0 unspecified atom stereocenters. The molecule has 136 valence electrons. The minimum Gasteiger partial charge on any atom is -0.356 e. The smallest absolute Gasteiger partial charge is 0.226 e. The van der Waals surface area contributed by atoms with Gasteiger partial charge in [-0.05, 0) is 44.2 Å². The van der Waals surface area contributed by atoms with Crippen LogP contribution < -0.4 is 5.32 Å². The molecule has 0 aliphatic rings. The zero-order valence-corrected chi connectivity index (χ0v) is 15.5. The molecular weight excluding hydrogens is 326 g/mol. The quantitative estimate of drug-likeness (QED) is 0.707. The lowest BCUT2D eigenvalue weighted by Crippen LogP contribution is -2.28. The fraction of sp³-hybridized carbons (Fsp3) is 0.333. The van der Waals surface area contributed by atoms with Crippen LogP contribution in [0.1, 0.15) is 30.7 Å². The molecule has 5 nitrogen and oxygen atoms in total. The van der Waals surface area contributed by atoms with Gasteiger partial charge in [0, 0.05) is 24.5 Å². The highest BCUT2D eigenvalue weighted by Crippen LogP contribution is 2.18. The van der Waals surface area contributed by atoms with Gasteiger partial charge in [0.05, 0.1) is 6.42 Å². The second kappa shape index (κ2) is 8.15. The van der Waals surface area contributed by atoms with Crippen molar-refractivity contribution in [3.05, 3.63) is 65.4 Å². The Morgan fingerprint density at radius 2 is 1.81 bits per heavy atom. The van der Waals surface area contributed by atoms with Gasteiger partial charge in [0.15, 0.2) is 5.58 Å². The molecule has 26 heavy (non-hydrogen) atoms. The number of carbonyl (C=O) groups excluding carboxylic acids is 1. The largest absolute Gasteiger partial charge is 0.356 e. The molecule has 3 rings (SSSR count). The predicted octanol–water partition coefficient (Wildman–Crippen LogP) is 3.53. The molecule has 0 aliphatic heterocycles. The van der Waals surface area contributed by atoms with Crippen LogP contribution in [-0.4, -0.2) is 29.1 Å². The molecule has 0 aliphatic carbocycles. The Balaban J connectivity index is 1.63. The summed E-state index contributed by atoms with van der Waals surface area (Å²) in [7, 11) is 2.11. The lowest BCUT2D eigenvalue weighted by atomic mass is 10.1. The van der Waals surface area contributed by atoms with Crippen LogP contribution in [0.3, 0.4) is 0 Å². The van der Waals surface area contributed by atoms with E-state index < -0.39 is 0 Å². The SMILES string of the molecule is CC(C)N(C)Cc1ccccc1CNC(=O)Cc1noc2ccccc12. The number of aromatic nitrogens is 1. The molecule has 5 heteroatoms. The number of hydrogen-bond acceptors (Lipinski definition) is 4. The number of benzene rings is 2. The number of hydrogen-bond donors (Lipinski definition) is 1. The van der Waals surface area contributed by atoms with Crippen LogP contribution in [0, 0.1) is 0 Å². The number of amides is 1. The van der Waals surface area contributed by atoms with Crippen molar-refractivity contribution >= 4 is 16.9 Å². The summed E-state index contributed by atoms with van der Waals surface area (Å²) in [6, 6.07) is 16.3. The molecule has 1 aromatic heterocycles. The Morgan fingerprint density at radius 3 is 2.58 bits per heavy atom. The molecule has 0 fully saturated rings. The van der Waals surface area contributed by atoms with Crippen LogP contribution in [0.2, 0.25) is 0 Å². The van der Waals surface area contributed by atoms with Crippen molar-refractivity contribution in [3.63, 3.8) is 0 Å². The summed E-state index contributed by atoms with van der Waals surface area (Å²) in [5, 5.41) is 7.92. The molecule has 3 aromatic rings. The molecular formula is C21H25N3O2. The summed E-state index contributed by atoms with van der Waals surface area (Å²) in [6.07, 6.45) is 0.213. The van der Waals surface area contributed by atoms with Gasteiger partial charge in [0.2, 0.25) is 5.91 Å². The maximum absolute atomic E-state index is 12.4. The summed E-state index contributed by atoms with van der Waals surface area (Å²) in [6.45, 7) is 5.72. The van der Waals surface area contributed by atoms with Crippen LogP contribution in [0.4, 0.5) is 0 Å². The van der Waals surface area contributed by atoms with Crippen molar-refractivity contribution in [1.82, 2.24) is 15.4 Å². The zero-order valence-electron chi connectivity index (χ0n) is 15.5. The fourth-order valence-corrected chi connectivity index (χ4v) is 2.81. The third kappa shape index (κ3) is 4.29. The summed E-state index contributed by atoms with van der Waals surface area (Å²) < 4.78 is 5.26. The predicted molar refractivity (Wildman–Crippen MR) is 103 cm³/mol. The molecule has 2 aromatic carbocycles. The number of rotatable bonds is 7. The van der Waals surface area contributed by atoms with E-state index in [1.165, 1.54) is 5.56 Å². The lowest BCUT2D eigenvalue weighted by molar-refractivity contribution is -0.120. The number of nitrogens with one attached hydrogen (secondary N) is 1. The first-order valence-electron chi connectivity index (χ1n) is 8.91. The second-order valence-corrected chi connectivity index (χ2v) is 6.86. The van der Waals surface area contributed by atoms with Crippen LogP contribution in [-0.2, 0) is 24.3 Å². The Hall–Kier alpha value is -2.66. The average Bonchev–Trinajstić information content (AvgIpc) is 3.04. The molecule has 0 spiro atoms. The van der Waals surface area contributed by atoms with E-state index in [2.05, 4.69) is 48.4 Å². The molecule has 0 atom stereocenters. The Kier molecular flexibility index (Phi) is 5.68. The molecule has 1 amide bonds. The van der Waals surface area contributed by atoms with Gasteiger partial charge in [-0.25, -0.2) is 0 Å². The Labute approximate surface area is 154 Å². The standard InChI is InChI=1S/C21H25N3O2/c1-15(2)24(3)14-17-9-5-4-8-16(17)13-22-21(25)12-19-18-10-6-7-11-20(18)26-23-19/h4-11,15H,12-14H2,1-3H3,(H,22,25). The van der Waals surface area contributed by atoms with Gasteiger partial charge in [0.1, 0.15) is 5.69 Å². The highest BCUT2D eigenvalue weighted by Gasteiger charge is 2.13. The lowest BCUT2D eigenvalue weighted by Gasteiger charge is -2.22. The van der Waals surface area contributed by atoms with Crippen LogP contribution in [0.25, 0.3) is 11.0 Å². The van der Waals surface area contributed by atoms with Gasteiger partial charge in [-0.3, -0.25) is 9.69 Å². The maximum atomic E-state index is 12.4. The van der Waals surface area contributed by atoms with Crippen molar-refractivity contribution < 1.29 is 9.32 Å². The van der Waals surface area contributed by atoms with Crippen molar-refractivity contribution in [3.8, 4) is 0 Å². The van der Waals surface area contributed by atoms with Crippen LogP contribution in [0.5, 0.6) is 0 Å². The number of nitrogens with zero attached hydrogens (tertiary/aromatic N) is 2. The van der Waals surface area contributed by atoms with Crippen molar-refractivity contribution in [2.75, 3.05) is 7.05 Å². The summed E-state index contributed by atoms with van der Waals surface area (Å²) in [5.41, 5.74) is 3.75. The first kappa shape index (κ1) is 18.1. The van der Waals surface area contributed by atoms with E-state index in [1.54, 1.807) is 0 Å². The molecule has 1 N–H and O–H groups in total. The van der Waals surface area contributed by atoms with Gasteiger partial charge in [0.25, 0.3) is 0 Å². The molecule has 0 bridgehead atoms. The highest BCUT2D eigenvalue weighted by atomic mass is 16.5. The average molecular weight is 351 g/mol. The maximum Gasteiger partial charge on any atom is 0.226 e. The van der Waals surface area contributed by atoms with E-state index in [4.69, 9.17) is 4.52 Å². The monoisotopic (exact) mass is 351 g/mol. The van der Waals surface area contributed by atoms with Crippen molar-refractivity contribution in [2.24, 2.45) is 0 Å². The summed E-state index contributed by atoms with van der Waals surface area (Å²) >= 11 is 0. The van der Waals surface area contributed by atoms with Gasteiger partial charge in [-0.2, -0.15) is 0 Å². The summed E-state index contributed by atoms with van der Waals surface area (Å²) in [5.74, 6) is -0.0592. The fourth-order valence-electron chi connectivity index (χ4n) is 2.81. The molecule has 1 heterocycles. The first-order valence-corrected chi connectivity index (χ1v) is 8.91.